The van der Waals surface area contributed by atoms with Gasteiger partial charge in [0, 0.05) is 0 Å². The van der Waals surface area contributed by atoms with E-state index in [0.717, 1.165) is 5.56 Å². The average Bonchev–Trinajstić information content (AvgIpc) is 2.76. The molecule has 1 aromatic carbocycles. The van der Waals surface area contributed by atoms with E-state index in [9.17, 15) is 4.79 Å². The third kappa shape index (κ3) is 2.88. The summed E-state index contributed by atoms with van der Waals surface area (Å²) in [7, 11) is 0. The summed E-state index contributed by atoms with van der Waals surface area (Å²) in [4.78, 5) is 11.5. The number of benzene rings is 1. The molecule has 0 fully saturated rings. The number of rotatable bonds is 3. The number of hydrogen-bond donors (Lipinski definition) is 0. The van der Waals surface area contributed by atoms with Gasteiger partial charge < -0.3 is 14.0 Å². The molecule has 0 aliphatic rings. The van der Waals surface area contributed by atoms with Gasteiger partial charge in [0.15, 0.2) is 12.0 Å². The molecule has 0 bridgehead atoms. The van der Waals surface area contributed by atoms with Crippen molar-refractivity contribution >= 4 is 6.16 Å². The molecule has 5 nitrogen and oxygen atoms in total. The third-order valence-electron chi connectivity index (χ3n) is 2.44. The predicted octanol–water partition coefficient (Wildman–Crippen LogP) is 3.26. The lowest BCUT2D eigenvalue weighted by molar-refractivity contribution is 0.0651. The Balaban J connectivity index is 1.94. The van der Waals surface area contributed by atoms with Crippen LogP contribution in [0, 0.1) is 6.92 Å². The van der Waals surface area contributed by atoms with Crippen molar-refractivity contribution in [1.82, 2.24) is 5.16 Å². The molecule has 0 saturated heterocycles. The monoisotopic (exact) mass is 247 g/mol. The molecule has 1 aromatic heterocycles. The molecule has 0 amide bonds. The first-order valence-electron chi connectivity index (χ1n) is 5.51. The summed E-state index contributed by atoms with van der Waals surface area (Å²) >= 11 is 0. The Morgan fingerprint density at radius 3 is 2.67 bits per heavy atom. The first-order valence-corrected chi connectivity index (χ1v) is 5.51. The Bertz CT molecular complexity index is 521. The van der Waals surface area contributed by atoms with Crippen LogP contribution in [0.4, 0.5) is 4.79 Å². The van der Waals surface area contributed by atoms with Crippen LogP contribution in [0.1, 0.15) is 24.3 Å². The standard InChI is InChI=1S/C13H13NO4/c1-9-12(8-16-14-9)18-13(15)17-10(2)11-6-4-3-5-7-11/h3-8,10H,1-2H3/t10-/m1/s1. The fourth-order valence-electron chi connectivity index (χ4n) is 1.43. The smallest absolute Gasteiger partial charge is 0.426 e. The minimum Gasteiger partial charge on any atom is -0.426 e. The second kappa shape index (κ2) is 5.35. The average molecular weight is 247 g/mol. The fraction of sp³-hybridized carbons (Fsp3) is 0.231. The van der Waals surface area contributed by atoms with Gasteiger partial charge in [0.1, 0.15) is 11.8 Å². The number of aryl methyl sites for hydroxylation is 1. The second-order valence-corrected chi connectivity index (χ2v) is 3.79. The Hall–Kier alpha value is -2.30. The van der Waals surface area contributed by atoms with Gasteiger partial charge >= 0.3 is 6.16 Å². The van der Waals surface area contributed by atoms with Gasteiger partial charge in [0.05, 0.1) is 0 Å². The lowest BCUT2D eigenvalue weighted by Crippen LogP contribution is -2.13. The van der Waals surface area contributed by atoms with Crippen molar-refractivity contribution in [1.29, 1.82) is 0 Å². The summed E-state index contributed by atoms with van der Waals surface area (Å²) < 4.78 is 14.7. The number of carbonyl (C=O) groups is 1. The molecule has 0 radical (unpaired) electrons. The van der Waals surface area contributed by atoms with Crippen LogP contribution in [0.15, 0.2) is 41.1 Å². The molecular formula is C13H13NO4. The van der Waals surface area contributed by atoms with Crippen LogP contribution in [0.3, 0.4) is 0 Å². The van der Waals surface area contributed by atoms with E-state index in [1.54, 1.807) is 13.8 Å². The molecule has 2 rings (SSSR count). The van der Waals surface area contributed by atoms with E-state index in [4.69, 9.17) is 9.47 Å². The largest absolute Gasteiger partial charge is 0.514 e. The maximum atomic E-state index is 11.5. The summed E-state index contributed by atoms with van der Waals surface area (Å²) in [5.41, 5.74) is 1.40. The van der Waals surface area contributed by atoms with Crippen LogP contribution in [0.25, 0.3) is 0 Å². The molecule has 0 aliphatic heterocycles. The summed E-state index contributed by atoms with van der Waals surface area (Å²) in [6.45, 7) is 3.45. The van der Waals surface area contributed by atoms with Crippen LogP contribution in [0.2, 0.25) is 0 Å². The van der Waals surface area contributed by atoms with E-state index < -0.39 is 6.16 Å². The lowest BCUT2D eigenvalue weighted by Gasteiger charge is -2.12. The van der Waals surface area contributed by atoms with E-state index >= 15 is 0 Å². The van der Waals surface area contributed by atoms with E-state index in [-0.39, 0.29) is 11.9 Å². The number of ether oxygens (including phenoxy) is 2. The number of nitrogens with zero attached hydrogens (tertiary/aromatic N) is 1. The SMILES string of the molecule is Cc1nocc1OC(=O)O[C@H](C)c1ccccc1. The van der Waals surface area contributed by atoms with Crippen LogP contribution in [-0.2, 0) is 4.74 Å². The zero-order valence-electron chi connectivity index (χ0n) is 10.1. The normalized spacial score (nSPS) is 11.9. The van der Waals surface area contributed by atoms with Gasteiger partial charge in [-0.1, -0.05) is 35.5 Å². The molecule has 0 unspecified atom stereocenters. The van der Waals surface area contributed by atoms with E-state index in [1.165, 1.54) is 6.26 Å². The van der Waals surface area contributed by atoms with E-state index in [0.29, 0.717) is 5.69 Å². The van der Waals surface area contributed by atoms with Gasteiger partial charge in [-0.2, -0.15) is 0 Å². The summed E-state index contributed by atoms with van der Waals surface area (Å²) in [6, 6.07) is 9.41. The Labute approximate surface area is 104 Å². The highest BCUT2D eigenvalue weighted by Gasteiger charge is 2.15. The van der Waals surface area contributed by atoms with Crippen LogP contribution in [0.5, 0.6) is 5.75 Å². The lowest BCUT2D eigenvalue weighted by atomic mass is 10.1. The van der Waals surface area contributed by atoms with Crippen molar-refractivity contribution < 1.29 is 18.8 Å². The number of aromatic nitrogens is 1. The Morgan fingerprint density at radius 2 is 2.06 bits per heavy atom. The Morgan fingerprint density at radius 1 is 1.33 bits per heavy atom. The van der Waals surface area contributed by atoms with Crippen molar-refractivity contribution in [2.75, 3.05) is 0 Å². The second-order valence-electron chi connectivity index (χ2n) is 3.79. The van der Waals surface area contributed by atoms with Gasteiger partial charge in [-0.3, -0.25) is 0 Å². The van der Waals surface area contributed by atoms with Crippen molar-refractivity contribution in [3.63, 3.8) is 0 Å². The third-order valence-corrected chi connectivity index (χ3v) is 2.44. The highest BCUT2D eigenvalue weighted by atomic mass is 16.7. The fourth-order valence-corrected chi connectivity index (χ4v) is 1.43. The van der Waals surface area contributed by atoms with Gasteiger partial charge in [-0.25, -0.2) is 4.79 Å². The van der Waals surface area contributed by atoms with Gasteiger partial charge in [-0.05, 0) is 19.4 Å². The van der Waals surface area contributed by atoms with E-state index in [1.807, 2.05) is 30.3 Å². The molecule has 0 spiro atoms. The Kier molecular flexibility index (Phi) is 3.62. The highest BCUT2D eigenvalue weighted by molar-refractivity contribution is 5.64. The van der Waals surface area contributed by atoms with Gasteiger partial charge in [0.25, 0.3) is 0 Å². The maximum absolute atomic E-state index is 11.5. The van der Waals surface area contributed by atoms with E-state index in [2.05, 4.69) is 9.68 Å². The summed E-state index contributed by atoms with van der Waals surface area (Å²) in [5, 5.41) is 3.60. The molecular weight excluding hydrogens is 234 g/mol. The summed E-state index contributed by atoms with van der Waals surface area (Å²) in [5.74, 6) is 0.264. The molecule has 0 aliphatic carbocycles. The zero-order valence-corrected chi connectivity index (χ0v) is 10.1. The van der Waals surface area contributed by atoms with Gasteiger partial charge in [0.2, 0.25) is 0 Å². The number of hydrogen-bond acceptors (Lipinski definition) is 5. The predicted molar refractivity (Wildman–Crippen MR) is 63.2 cm³/mol. The molecule has 1 atom stereocenters. The first-order chi connectivity index (χ1) is 8.66. The minimum atomic E-state index is -0.780. The quantitative estimate of drug-likeness (QED) is 0.779. The molecule has 94 valence electrons. The van der Waals surface area contributed by atoms with Crippen molar-refractivity contribution in [2.24, 2.45) is 0 Å². The highest BCUT2D eigenvalue weighted by Crippen LogP contribution is 2.19. The maximum Gasteiger partial charge on any atom is 0.514 e. The first kappa shape index (κ1) is 12.2. The van der Waals surface area contributed by atoms with Crippen LogP contribution >= 0.6 is 0 Å². The minimum absolute atomic E-state index is 0.264. The zero-order chi connectivity index (χ0) is 13.0. The molecule has 0 saturated carbocycles. The molecule has 2 aromatic rings. The molecule has 5 heteroatoms. The molecule has 0 N–H and O–H groups in total. The number of carbonyl (C=O) groups excluding carboxylic acids is 1. The van der Waals surface area contributed by atoms with Crippen LogP contribution in [-0.4, -0.2) is 11.3 Å². The van der Waals surface area contributed by atoms with Crippen molar-refractivity contribution in [2.45, 2.75) is 20.0 Å². The summed E-state index contributed by atoms with van der Waals surface area (Å²) in [6.07, 6.45) is 0.0977. The van der Waals surface area contributed by atoms with Gasteiger partial charge in [-0.15, -0.1) is 0 Å². The van der Waals surface area contributed by atoms with Crippen LogP contribution < -0.4 is 4.74 Å². The molecule has 18 heavy (non-hydrogen) atoms. The topological polar surface area (TPSA) is 61.6 Å². The molecule has 1 heterocycles. The van der Waals surface area contributed by atoms with Crippen molar-refractivity contribution in [3.8, 4) is 5.75 Å². The van der Waals surface area contributed by atoms with Crippen molar-refractivity contribution in [3.05, 3.63) is 47.9 Å².